The molecule has 5 heteroatoms. The van der Waals surface area contributed by atoms with Gasteiger partial charge in [-0.25, -0.2) is 0 Å². The molecule has 0 spiro atoms. The lowest BCUT2D eigenvalue weighted by Gasteiger charge is -2.32. The first-order chi connectivity index (χ1) is 19.8. The van der Waals surface area contributed by atoms with E-state index in [1.165, 1.54) is 21.8 Å². The number of nitrogens with zero attached hydrogens (tertiary/aromatic N) is 1. The zero-order valence-electron chi connectivity index (χ0n) is 23.6. The molecule has 0 bridgehead atoms. The number of rotatable bonds is 3. The van der Waals surface area contributed by atoms with Gasteiger partial charge in [0.15, 0.2) is 0 Å². The average molecular weight is 535 g/mol. The van der Waals surface area contributed by atoms with E-state index in [9.17, 15) is 0 Å². The minimum absolute atomic E-state index is 0.440. The molecular formula is C36H30BNO3. The number of benzene rings is 5. The molecule has 1 aliphatic heterocycles. The molecule has 3 heterocycles. The van der Waals surface area contributed by atoms with Crippen LogP contribution in [0, 0.1) is 0 Å². The lowest BCUT2D eigenvalue weighted by atomic mass is 9.74. The van der Waals surface area contributed by atoms with Crippen molar-refractivity contribution >= 4 is 56.3 Å². The summed E-state index contributed by atoms with van der Waals surface area (Å²) in [5, 5.41) is 4.65. The Labute approximate surface area is 239 Å². The van der Waals surface area contributed by atoms with Crippen molar-refractivity contribution in [3.8, 4) is 16.8 Å². The van der Waals surface area contributed by atoms with E-state index in [-0.39, 0.29) is 0 Å². The first-order valence-electron chi connectivity index (χ1n) is 14.2. The van der Waals surface area contributed by atoms with Gasteiger partial charge < -0.3 is 18.3 Å². The van der Waals surface area contributed by atoms with E-state index < -0.39 is 18.3 Å². The third-order valence-electron chi connectivity index (χ3n) is 9.06. The van der Waals surface area contributed by atoms with E-state index in [1.54, 1.807) is 0 Å². The first kappa shape index (κ1) is 24.5. The molecule has 1 fully saturated rings. The normalized spacial score (nSPS) is 16.4. The van der Waals surface area contributed by atoms with E-state index in [1.807, 2.05) is 12.1 Å². The molecule has 1 aliphatic rings. The summed E-state index contributed by atoms with van der Waals surface area (Å²) in [6.45, 7) is 8.37. The molecule has 0 atom stereocenters. The summed E-state index contributed by atoms with van der Waals surface area (Å²) >= 11 is 0. The van der Waals surface area contributed by atoms with Gasteiger partial charge in [-0.3, -0.25) is 0 Å². The average Bonchev–Trinajstić information content (AvgIpc) is 3.59. The molecule has 0 radical (unpaired) electrons. The van der Waals surface area contributed by atoms with Crippen LogP contribution in [-0.4, -0.2) is 22.9 Å². The molecular weight excluding hydrogens is 505 g/mol. The number of fused-ring (bicyclic) bond motifs is 6. The fraction of sp³-hybridized carbons (Fsp3) is 0.167. The number of hydrogen-bond acceptors (Lipinski definition) is 3. The van der Waals surface area contributed by atoms with Crippen molar-refractivity contribution in [2.75, 3.05) is 0 Å². The Morgan fingerprint density at radius 3 is 1.80 bits per heavy atom. The van der Waals surface area contributed by atoms with Crippen LogP contribution >= 0.6 is 0 Å². The second kappa shape index (κ2) is 8.59. The van der Waals surface area contributed by atoms with Gasteiger partial charge in [0.1, 0.15) is 11.2 Å². The quantitative estimate of drug-likeness (QED) is 0.213. The Bertz CT molecular complexity index is 2060. The fourth-order valence-corrected chi connectivity index (χ4v) is 6.26. The van der Waals surface area contributed by atoms with E-state index >= 15 is 0 Å². The smallest absolute Gasteiger partial charge is 0.455 e. The summed E-state index contributed by atoms with van der Waals surface area (Å²) in [6, 6.07) is 38.4. The van der Waals surface area contributed by atoms with Crippen LogP contribution in [0.2, 0.25) is 0 Å². The molecule has 8 rings (SSSR count). The van der Waals surface area contributed by atoms with Crippen molar-refractivity contribution in [1.82, 2.24) is 4.57 Å². The second-order valence-corrected chi connectivity index (χ2v) is 12.0. The van der Waals surface area contributed by atoms with Crippen LogP contribution in [0.5, 0.6) is 0 Å². The zero-order valence-corrected chi connectivity index (χ0v) is 23.6. The van der Waals surface area contributed by atoms with Crippen molar-refractivity contribution in [2.24, 2.45) is 0 Å². The van der Waals surface area contributed by atoms with Gasteiger partial charge in [0.2, 0.25) is 0 Å². The number of para-hydroxylation sites is 3. The summed E-state index contributed by atoms with van der Waals surface area (Å²) in [5.74, 6) is 0. The molecule has 0 unspecified atom stereocenters. The van der Waals surface area contributed by atoms with E-state index in [0.29, 0.717) is 0 Å². The van der Waals surface area contributed by atoms with Gasteiger partial charge in [-0.1, -0.05) is 78.9 Å². The van der Waals surface area contributed by atoms with Gasteiger partial charge in [0.05, 0.1) is 22.2 Å². The molecule has 5 aromatic carbocycles. The Hall–Kier alpha value is -4.32. The highest BCUT2D eigenvalue weighted by Gasteiger charge is 2.52. The molecule has 0 aliphatic carbocycles. The van der Waals surface area contributed by atoms with Crippen LogP contribution in [0.25, 0.3) is 60.6 Å². The van der Waals surface area contributed by atoms with Crippen LogP contribution < -0.4 is 5.46 Å². The molecule has 2 aromatic heterocycles. The van der Waals surface area contributed by atoms with Crippen LogP contribution in [0.1, 0.15) is 27.7 Å². The standard InChI is InChI=1S/C36H30BNO3/c1-35(2)36(3,4)41-37(40-35)30-17-9-5-13-24(30)28-21-23(22-29-27-16-8-12-20-33(27)39-34(28)29)38-31-18-10-6-14-25(31)26-15-7-11-19-32(26)38/h5-22H,1-4H3. The zero-order chi connectivity index (χ0) is 27.9. The van der Waals surface area contributed by atoms with Crippen LogP contribution in [0.3, 0.4) is 0 Å². The van der Waals surface area contributed by atoms with E-state index in [0.717, 1.165) is 44.2 Å². The second-order valence-electron chi connectivity index (χ2n) is 12.0. The van der Waals surface area contributed by atoms with Gasteiger partial charge in [0, 0.05) is 32.8 Å². The van der Waals surface area contributed by atoms with Gasteiger partial charge in [-0.15, -0.1) is 0 Å². The maximum atomic E-state index is 6.59. The Morgan fingerprint density at radius 2 is 1.12 bits per heavy atom. The molecule has 4 nitrogen and oxygen atoms in total. The first-order valence-corrected chi connectivity index (χ1v) is 14.2. The maximum absolute atomic E-state index is 6.59. The molecule has 200 valence electrons. The number of hydrogen-bond donors (Lipinski definition) is 0. The Morgan fingerprint density at radius 1 is 0.561 bits per heavy atom. The number of aromatic nitrogens is 1. The molecule has 1 saturated heterocycles. The highest BCUT2D eigenvalue weighted by atomic mass is 16.7. The van der Waals surface area contributed by atoms with Crippen molar-refractivity contribution in [2.45, 2.75) is 38.9 Å². The molecule has 7 aromatic rings. The third-order valence-corrected chi connectivity index (χ3v) is 9.06. The van der Waals surface area contributed by atoms with Crippen molar-refractivity contribution < 1.29 is 13.7 Å². The summed E-state index contributed by atoms with van der Waals surface area (Å²) in [5.41, 5.74) is 7.33. The third kappa shape index (κ3) is 3.56. The SMILES string of the molecule is CC1(C)OB(c2ccccc2-c2cc(-n3c4ccccc4c4ccccc43)cc3c2oc2ccccc23)OC1(C)C. The Kier molecular flexibility index (Phi) is 5.13. The molecule has 0 N–H and O–H groups in total. The van der Waals surface area contributed by atoms with Crippen LogP contribution in [-0.2, 0) is 9.31 Å². The van der Waals surface area contributed by atoms with Crippen molar-refractivity contribution in [3.63, 3.8) is 0 Å². The molecule has 41 heavy (non-hydrogen) atoms. The number of furan rings is 1. The predicted molar refractivity (Wildman–Crippen MR) is 169 cm³/mol. The van der Waals surface area contributed by atoms with Gasteiger partial charge in [-0.2, -0.15) is 0 Å². The summed E-state index contributed by atoms with van der Waals surface area (Å²) in [4.78, 5) is 0. The predicted octanol–water partition coefficient (Wildman–Crippen LogP) is 8.65. The summed E-state index contributed by atoms with van der Waals surface area (Å²) in [7, 11) is -0.493. The lowest BCUT2D eigenvalue weighted by Crippen LogP contribution is -2.41. The van der Waals surface area contributed by atoms with Gasteiger partial charge in [-0.05, 0) is 69.1 Å². The monoisotopic (exact) mass is 535 g/mol. The minimum atomic E-state index is -0.493. The van der Waals surface area contributed by atoms with Crippen LogP contribution in [0.4, 0.5) is 0 Å². The van der Waals surface area contributed by atoms with Gasteiger partial charge >= 0.3 is 7.12 Å². The summed E-state index contributed by atoms with van der Waals surface area (Å²) in [6.07, 6.45) is 0. The fourth-order valence-electron chi connectivity index (χ4n) is 6.26. The van der Waals surface area contributed by atoms with Crippen molar-refractivity contribution in [3.05, 3.63) is 109 Å². The van der Waals surface area contributed by atoms with E-state index in [2.05, 4.69) is 129 Å². The van der Waals surface area contributed by atoms with Gasteiger partial charge in [0.25, 0.3) is 0 Å². The maximum Gasteiger partial charge on any atom is 0.495 e. The molecule has 0 amide bonds. The highest BCUT2D eigenvalue weighted by molar-refractivity contribution is 6.64. The Balaban J connectivity index is 1.45. The summed E-state index contributed by atoms with van der Waals surface area (Å²) < 4.78 is 22.0. The topological polar surface area (TPSA) is 36.5 Å². The van der Waals surface area contributed by atoms with E-state index in [4.69, 9.17) is 13.7 Å². The molecule has 0 saturated carbocycles. The minimum Gasteiger partial charge on any atom is -0.455 e. The van der Waals surface area contributed by atoms with Crippen LogP contribution in [0.15, 0.2) is 114 Å². The largest absolute Gasteiger partial charge is 0.495 e. The van der Waals surface area contributed by atoms with Crippen molar-refractivity contribution in [1.29, 1.82) is 0 Å². The lowest BCUT2D eigenvalue weighted by molar-refractivity contribution is 0.00578. The highest BCUT2D eigenvalue weighted by Crippen LogP contribution is 2.42.